The van der Waals surface area contributed by atoms with E-state index in [-0.39, 0.29) is 11.3 Å². The summed E-state index contributed by atoms with van der Waals surface area (Å²) in [5.41, 5.74) is 3.28. The van der Waals surface area contributed by atoms with Gasteiger partial charge in [0, 0.05) is 10.9 Å². The van der Waals surface area contributed by atoms with Crippen molar-refractivity contribution >= 4 is 22.0 Å². The molecule has 0 radical (unpaired) electrons. The van der Waals surface area contributed by atoms with Crippen LogP contribution in [0.2, 0.25) is 0 Å². The number of thiophene rings is 1. The third kappa shape index (κ3) is 4.03. The number of hydrogen-bond donors (Lipinski definition) is 1. The first-order valence-electron chi connectivity index (χ1n) is 8.65. The molecular formula is C21H15FN2O3S2. The number of rotatable bonds is 5. The Morgan fingerprint density at radius 2 is 1.66 bits per heavy atom. The zero-order valence-electron chi connectivity index (χ0n) is 15.0. The topological polar surface area (TPSA) is 69.0 Å². The average Bonchev–Trinajstić information content (AvgIpc) is 3.23. The molecule has 4 rings (SSSR count). The molecule has 2 aromatic carbocycles. The molecule has 0 fully saturated rings. The van der Waals surface area contributed by atoms with Gasteiger partial charge in [-0.05, 0) is 40.3 Å². The van der Waals surface area contributed by atoms with Crippen molar-refractivity contribution in [2.24, 2.45) is 0 Å². The highest BCUT2D eigenvalue weighted by atomic mass is 32.2. The summed E-state index contributed by atoms with van der Waals surface area (Å²) in [5.74, 6) is -0.433. The number of thiol groups is 1. The average molecular weight is 426 g/mol. The second-order valence-corrected chi connectivity index (χ2v) is 8.09. The minimum Gasteiger partial charge on any atom is -0.267 e. The highest BCUT2D eigenvalue weighted by Gasteiger charge is 2.16. The van der Waals surface area contributed by atoms with Crippen LogP contribution in [0.1, 0.15) is 5.56 Å². The zero-order chi connectivity index (χ0) is 20.4. The Balaban J connectivity index is 1.90. The van der Waals surface area contributed by atoms with Gasteiger partial charge in [0.1, 0.15) is 16.5 Å². The van der Waals surface area contributed by atoms with Crippen LogP contribution in [0.3, 0.4) is 0 Å². The van der Waals surface area contributed by atoms with Crippen molar-refractivity contribution in [3.63, 3.8) is 0 Å². The molecule has 0 aliphatic rings. The van der Waals surface area contributed by atoms with Gasteiger partial charge in [-0.3, -0.25) is 4.79 Å². The molecule has 5 nitrogen and oxygen atoms in total. The Hall–Kier alpha value is -3.10. The van der Waals surface area contributed by atoms with Crippen LogP contribution in [0.15, 0.2) is 76.3 Å². The number of aromatic nitrogens is 2. The predicted octanol–water partition coefficient (Wildman–Crippen LogP) is 3.88. The van der Waals surface area contributed by atoms with Crippen molar-refractivity contribution in [1.29, 1.82) is 0 Å². The van der Waals surface area contributed by atoms with E-state index in [4.69, 9.17) is 0 Å². The van der Waals surface area contributed by atoms with Gasteiger partial charge < -0.3 is 0 Å². The molecule has 29 heavy (non-hydrogen) atoms. The molecule has 8 heteroatoms. The fourth-order valence-corrected chi connectivity index (χ4v) is 4.19. The minimum atomic E-state index is -2.52. The smallest absolute Gasteiger partial charge is 0.267 e. The van der Waals surface area contributed by atoms with E-state index in [1.54, 1.807) is 48.7 Å². The first-order chi connectivity index (χ1) is 14.0. The Morgan fingerprint density at radius 1 is 0.966 bits per heavy atom. The fourth-order valence-electron chi connectivity index (χ4n) is 3.07. The molecule has 0 saturated heterocycles. The summed E-state index contributed by atoms with van der Waals surface area (Å²) in [7, 11) is -2.52. The first-order valence-corrected chi connectivity index (χ1v) is 11.0. The third-order valence-corrected chi connectivity index (χ3v) is 5.73. The molecular weight excluding hydrogens is 411 g/mol. The van der Waals surface area contributed by atoms with Crippen LogP contribution >= 0.6 is 11.3 Å². The van der Waals surface area contributed by atoms with E-state index in [1.165, 1.54) is 28.2 Å². The van der Waals surface area contributed by atoms with E-state index in [0.29, 0.717) is 27.9 Å². The summed E-state index contributed by atoms with van der Waals surface area (Å²) in [4.78, 5) is 13.3. The maximum Gasteiger partial charge on any atom is 0.280 e. The molecule has 0 unspecified atom stereocenters. The molecule has 0 atom stereocenters. The Morgan fingerprint density at radius 3 is 2.28 bits per heavy atom. The lowest BCUT2D eigenvalue weighted by molar-refractivity contribution is 0.614. The van der Waals surface area contributed by atoms with Gasteiger partial charge in [-0.2, -0.15) is 21.1 Å². The second-order valence-electron chi connectivity index (χ2n) is 6.33. The van der Waals surface area contributed by atoms with Crippen LogP contribution in [0, 0.1) is 5.82 Å². The third-order valence-electron chi connectivity index (χ3n) is 4.44. The minimum absolute atomic E-state index is 0.0432. The molecule has 0 saturated carbocycles. The van der Waals surface area contributed by atoms with E-state index in [9.17, 15) is 17.6 Å². The molecule has 4 aromatic rings. The maximum atomic E-state index is 13.4. The first kappa shape index (κ1) is 19.2. The van der Waals surface area contributed by atoms with Crippen molar-refractivity contribution in [1.82, 2.24) is 9.78 Å². The molecule has 0 amide bonds. The molecule has 0 aliphatic carbocycles. The normalized spacial score (nSPS) is 11.1. The predicted molar refractivity (Wildman–Crippen MR) is 113 cm³/mol. The van der Waals surface area contributed by atoms with Crippen LogP contribution in [0.5, 0.6) is 0 Å². The van der Waals surface area contributed by atoms with Gasteiger partial charge in [0.25, 0.3) is 5.56 Å². The van der Waals surface area contributed by atoms with Crippen LogP contribution < -0.4 is 5.56 Å². The van der Waals surface area contributed by atoms with Crippen molar-refractivity contribution in [2.75, 3.05) is 0 Å². The fraction of sp³-hybridized carbons (Fsp3) is 0.0476. The quantitative estimate of drug-likeness (QED) is 0.492. The second kappa shape index (κ2) is 8.10. The molecule has 0 bridgehead atoms. The molecule has 0 N–H and O–H groups in total. The Labute approximate surface area is 171 Å². The van der Waals surface area contributed by atoms with E-state index in [0.717, 1.165) is 5.56 Å². The lowest BCUT2D eigenvalue weighted by Gasteiger charge is -2.12. The van der Waals surface area contributed by atoms with Gasteiger partial charge in [-0.25, -0.2) is 12.8 Å². The lowest BCUT2D eigenvalue weighted by Crippen LogP contribution is -2.23. The van der Waals surface area contributed by atoms with Gasteiger partial charge >= 0.3 is 0 Å². The lowest BCUT2D eigenvalue weighted by atomic mass is 9.96. The SMILES string of the molecule is O=c1c(-c2ccc(F)cc2)c(-c2ccc(C[SH](=O)=O)cc2)cnn1-c1ccsc1. The van der Waals surface area contributed by atoms with Crippen LogP contribution in [0.25, 0.3) is 27.9 Å². The largest absolute Gasteiger partial charge is 0.280 e. The van der Waals surface area contributed by atoms with Gasteiger partial charge in [0.2, 0.25) is 0 Å². The summed E-state index contributed by atoms with van der Waals surface area (Å²) in [6, 6.07) is 14.5. The standard InChI is InChI=1S/C21H15FN2O3S2/c22-17-7-5-16(6-8-17)20-19(15-3-1-14(2-4-15)13-29(26)27)11-23-24(21(20)25)18-9-10-28-12-18/h1-12,29H,13H2. The Bertz CT molecular complexity index is 1270. The molecule has 2 heterocycles. The van der Waals surface area contributed by atoms with Crippen LogP contribution in [0.4, 0.5) is 4.39 Å². The Kier molecular flexibility index (Phi) is 5.37. The summed E-state index contributed by atoms with van der Waals surface area (Å²) >= 11 is 1.45. The van der Waals surface area contributed by atoms with E-state index in [2.05, 4.69) is 5.10 Å². The van der Waals surface area contributed by atoms with E-state index in [1.807, 2.05) is 10.8 Å². The molecule has 2 aromatic heterocycles. The summed E-state index contributed by atoms with van der Waals surface area (Å²) in [6.45, 7) is 0. The van der Waals surface area contributed by atoms with Crippen molar-refractivity contribution in [2.45, 2.75) is 5.75 Å². The van der Waals surface area contributed by atoms with Gasteiger partial charge in [-0.1, -0.05) is 36.4 Å². The molecule has 0 spiro atoms. The maximum absolute atomic E-state index is 13.4. The van der Waals surface area contributed by atoms with E-state index >= 15 is 0 Å². The van der Waals surface area contributed by atoms with Crippen LogP contribution in [-0.4, -0.2) is 18.2 Å². The number of nitrogens with zero attached hydrogens (tertiary/aromatic N) is 2. The van der Waals surface area contributed by atoms with Crippen molar-refractivity contribution in [3.8, 4) is 27.9 Å². The summed E-state index contributed by atoms with van der Waals surface area (Å²) < 4.78 is 36.6. The number of hydrogen-bond acceptors (Lipinski definition) is 5. The van der Waals surface area contributed by atoms with Crippen molar-refractivity contribution in [3.05, 3.63) is 93.3 Å². The highest BCUT2D eigenvalue weighted by molar-refractivity contribution is 7.71. The highest BCUT2D eigenvalue weighted by Crippen LogP contribution is 2.29. The zero-order valence-corrected chi connectivity index (χ0v) is 16.7. The van der Waals surface area contributed by atoms with Gasteiger partial charge in [0.15, 0.2) is 0 Å². The van der Waals surface area contributed by atoms with Crippen molar-refractivity contribution < 1.29 is 12.8 Å². The van der Waals surface area contributed by atoms with Crippen LogP contribution in [-0.2, 0) is 16.5 Å². The summed E-state index contributed by atoms with van der Waals surface area (Å²) in [6.07, 6.45) is 1.60. The number of benzene rings is 2. The van der Waals surface area contributed by atoms with E-state index < -0.39 is 16.5 Å². The monoisotopic (exact) mass is 426 g/mol. The summed E-state index contributed by atoms with van der Waals surface area (Å²) in [5, 5.41) is 7.99. The molecule has 146 valence electrons. The molecule has 0 aliphatic heterocycles. The number of halogens is 1. The van der Waals surface area contributed by atoms with Gasteiger partial charge in [-0.15, -0.1) is 0 Å². The van der Waals surface area contributed by atoms with Gasteiger partial charge in [0.05, 0.1) is 23.2 Å².